The molecule has 100 valence electrons. The molecule has 2 atom stereocenters. The summed E-state index contributed by atoms with van der Waals surface area (Å²) in [5.74, 6) is 0.176. The number of aryl methyl sites for hydroxylation is 1. The van der Waals surface area contributed by atoms with Gasteiger partial charge in [-0.1, -0.05) is 42.5 Å². The van der Waals surface area contributed by atoms with E-state index in [2.05, 4.69) is 0 Å². The summed E-state index contributed by atoms with van der Waals surface area (Å²) < 4.78 is 26.0. The first-order chi connectivity index (χ1) is 9.09. The molecule has 0 amide bonds. The Morgan fingerprint density at radius 1 is 1.11 bits per heavy atom. The van der Waals surface area contributed by atoms with Gasteiger partial charge in [0.15, 0.2) is 0 Å². The van der Waals surface area contributed by atoms with E-state index in [1.807, 2.05) is 38.1 Å². The van der Waals surface area contributed by atoms with Crippen molar-refractivity contribution in [2.75, 3.05) is 0 Å². The van der Waals surface area contributed by atoms with Crippen LogP contribution in [-0.2, 0) is 16.6 Å². The van der Waals surface area contributed by atoms with Gasteiger partial charge in [-0.3, -0.25) is 4.21 Å². The van der Waals surface area contributed by atoms with Gasteiger partial charge in [0.25, 0.3) is 0 Å². The van der Waals surface area contributed by atoms with Crippen molar-refractivity contribution < 1.29 is 8.60 Å². The van der Waals surface area contributed by atoms with Crippen molar-refractivity contribution >= 4 is 10.8 Å². The molecule has 0 radical (unpaired) electrons. The molecule has 19 heavy (non-hydrogen) atoms. The fraction of sp³-hybridized carbons (Fsp3) is 0.250. The number of rotatable bonds is 4. The van der Waals surface area contributed by atoms with E-state index in [1.165, 1.54) is 6.07 Å². The highest BCUT2D eigenvalue weighted by molar-refractivity contribution is 7.84. The topological polar surface area (TPSA) is 17.1 Å². The minimum Gasteiger partial charge on any atom is -0.259 e. The highest BCUT2D eigenvalue weighted by Gasteiger charge is 2.17. The third-order valence-corrected chi connectivity index (χ3v) is 4.93. The number of hydrogen-bond acceptors (Lipinski definition) is 1. The molecule has 3 heteroatoms. The Hall–Kier alpha value is -1.48. The van der Waals surface area contributed by atoms with E-state index in [4.69, 9.17) is 0 Å². The Labute approximate surface area is 115 Å². The van der Waals surface area contributed by atoms with E-state index in [1.54, 1.807) is 18.2 Å². The SMILES string of the molecule is Cc1ccccc1CS(=O)C(C)c1ccccc1F. The zero-order valence-electron chi connectivity index (χ0n) is 11.1. The van der Waals surface area contributed by atoms with Gasteiger partial charge < -0.3 is 0 Å². The van der Waals surface area contributed by atoms with Crippen LogP contribution in [0.5, 0.6) is 0 Å². The predicted octanol–water partition coefficient (Wildman–Crippen LogP) is 4.14. The summed E-state index contributed by atoms with van der Waals surface area (Å²) in [6, 6.07) is 14.4. The smallest absolute Gasteiger partial charge is 0.127 e. The molecule has 2 unspecified atom stereocenters. The normalized spacial score (nSPS) is 14.1. The zero-order chi connectivity index (χ0) is 13.8. The average Bonchev–Trinajstić information content (AvgIpc) is 2.41. The van der Waals surface area contributed by atoms with E-state index in [0.29, 0.717) is 11.3 Å². The Bertz CT molecular complexity index is 595. The van der Waals surface area contributed by atoms with Gasteiger partial charge in [-0.25, -0.2) is 4.39 Å². The molecule has 0 heterocycles. The fourth-order valence-corrected chi connectivity index (χ4v) is 3.35. The second-order valence-electron chi connectivity index (χ2n) is 4.62. The molecule has 0 bridgehead atoms. The van der Waals surface area contributed by atoms with Gasteiger partial charge in [0.1, 0.15) is 5.82 Å². The highest BCUT2D eigenvalue weighted by Crippen LogP contribution is 2.24. The molecule has 0 spiro atoms. The standard InChI is InChI=1S/C16H17FOS/c1-12-7-3-4-8-14(12)11-19(18)13(2)15-9-5-6-10-16(15)17/h3-10,13H,11H2,1-2H3. The van der Waals surface area contributed by atoms with Crippen LogP contribution >= 0.6 is 0 Å². The van der Waals surface area contributed by atoms with E-state index in [-0.39, 0.29) is 11.1 Å². The van der Waals surface area contributed by atoms with Crippen LogP contribution in [0.3, 0.4) is 0 Å². The molecule has 0 aliphatic heterocycles. The Kier molecular flexibility index (Phi) is 4.48. The number of benzene rings is 2. The molecule has 2 aromatic carbocycles. The van der Waals surface area contributed by atoms with Crippen LogP contribution in [0.1, 0.15) is 28.9 Å². The van der Waals surface area contributed by atoms with Gasteiger partial charge in [0, 0.05) is 22.1 Å². The minimum absolute atomic E-state index is 0.284. The van der Waals surface area contributed by atoms with E-state index in [9.17, 15) is 8.60 Å². The van der Waals surface area contributed by atoms with Crippen molar-refractivity contribution in [2.45, 2.75) is 24.9 Å². The maximum Gasteiger partial charge on any atom is 0.127 e. The van der Waals surface area contributed by atoms with Crippen molar-refractivity contribution in [1.29, 1.82) is 0 Å². The Morgan fingerprint density at radius 2 is 1.74 bits per heavy atom. The van der Waals surface area contributed by atoms with Crippen molar-refractivity contribution in [1.82, 2.24) is 0 Å². The molecule has 0 saturated heterocycles. The quantitative estimate of drug-likeness (QED) is 0.820. The summed E-state index contributed by atoms with van der Waals surface area (Å²) in [5, 5.41) is -0.305. The number of hydrogen-bond donors (Lipinski definition) is 0. The minimum atomic E-state index is -1.13. The first kappa shape index (κ1) is 13.9. The largest absolute Gasteiger partial charge is 0.259 e. The van der Waals surface area contributed by atoms with Crippen molar-refractivity contribution in [3.05, 3.63) is 71.0 Å². The van der Waals surface area contributed by atoms with Crippen LogP contribution in [0.25, 0.3) is 0 Å². The molecular formula is C16H17FOS. The summed E-state index contributed by atoms with van der Waals surface area (Å²) in [5.41, 5.74) is 2.70. The molecule has 0 aliphatic rings. The van der Waals surface area contributed by atoms with Gasteiger partial charge in [0.05, 0.1) is 5.25 Å². The van der Waals surface area contributed by atoms with Gasteiger partial charge >= 0.3 is 0 Å². The van der Waals surface area contributed by atoms with Crippen LogP contribution in [0.2, 0.25) is 0 Å². The molecule has 0 aromatic heterocycles. The summed E-state index contributed by atoms with van der Waals surface area (Å²) in [4.78, 5) is 0. The molecule has 2 aromatic rings. The first-order valence-electron chi connectivity index (χ1n) is 6.25. The Balaban J connectivity index is 2.17. The third-order valence-electron chi connectivity index (χ3n) is 3.30. The Morgan fingerprint density at radius 3 is 2.42 bits per heavy atom. The molecule has 0 aliphatic carbocycles. The lowest BCUT2D eigenvalue weighted by Gasteiger charge is -2.13. The molecule has 0 N–H and O–H groups in total. The lowest BCUT2D eigenvalue weighted by atomic mass is 10.1. The van der Waals surface area contributed by atoms with E-state index < -0.39 is 10.8 Å². The second kappa shape index (κ2) is 6.11. The molecule has 0 saturated carbocycles. The first-order valence-corrected chi connectivity index (χ1v) is 7.64. The summed E-state index contributed by atoms with van der Waals surface area (Å²) in [6.07, 6.45) is 0. The van der Waals surface area contributed by atoms with Gasteiger partial charge in [0.2, 0.25) is 0 Å². The van der Waals surface area contributed by atoms with Crippen LogP contribution in [0, 0.1) is 12.7 Å². The van der Waals surface area contributed by atoms with Gasteiger partial charge in [-0.2, -0.15) is 0 Å². The molecule has 1 nitrogen and oxygen atoms in total. The van der Waals surface area contributed by atoms with E-state index >= 15 is 0 Å². The molecular weight excluding hydrogens is 259 g/mol. The average molecular weight is 276 g/mol. The van der Waals surface area contributed by atoms with E-state index in [0.717, 1.165) is 11.1 Å². The zero-order valence-corrected chi connectivity index (χ0v) is 11.9. The van der Waals surface area contributed by atoms with Gasteiger partial charge in [-0.05, 0) is 31.0 Å². The fourth-order valence-electron chi connectivity index (χ4n) is 2.00. The van der Waals surface area contributed by atoms with Crippen molar-refractivity contribution in [3.63, 3.8) is 0 Å². The lowest BCUT2D eigenvalue weighted by Crippen LogP contribution is -2.08. The summed E-state index contributed by atoms with van der Waals surface area (Å²) in [7, 11) is -1.13. The summed E-state index contributed by atoms with van der Waals surface area (Å²) >= 11 is 0. The lowest BCUT2D eigenvalue weighted by molar-refractivity contribution is 0.606. The highest BCUT2D eigenvalue weighted by atomic mass is 32.2. The summed E-state index contributed by atoms with van der Waals surface area (Å²) in [6.45, 7) is 3.81. The maximum absolute atomic E-state index is 13.7. The van der Waals surface area contributed by atoms with Crippen molar-refractivity contribution in [2.24, 2.45) is 0 Å². The van der Waals surface area contributed by atoms with Crippen LogP contribution < -0.4 is 0 Å². The van der Waals surface area contributed by atoms with Crippen LogP contribution in [0.4, 0.5) is 4.39 Å². The molecule has 2 rings (SSSR count). The van der Waals surface area contributed by atoms with Crippen LogP contribution in [-0.4, -0.2) is 4.21 Å². The predicted molar refractivity (Wildman–Crippen MR) is 77.8 cm³/mol. The van der Waals surface area contributed by atoms with Crippen molar-refractivity contribution in [3.8, 4) is 0 Å². The maximum atomic E-state index is 13.7. The van der Waals surface area contributed by atoms with Gasteiger partial charge in [-0.15, -0.1) is 0 Å². The second-order valence-corrected chi connectivity index (χ2v) is 6.37. The monoisotopic (exact) mass is 276 g/mol. The third kappa shape index (κ3) is 3.29. The van der Waals surface area contributed by atoms with Crippen LogP contribution in [0.15, 0.2) is 48.5 Å². The number of halogens is 1. The molecule has 0 fully saturated rings.